The molecule has 0 radical (unpaired) electrons. The van der Waals surface area contributed by atoms with E-state index in [0.29, 0.717) is 10.3 Å². The van der Waals surface area contributed by atoms with Crippen molar-refractivity contribution in [3.63, 3.8) is 0 Å². The Morgan fingerprint density at radius 1 is 1.29 bits per heavy atom. The van der Waals surface area contributed by atoms with Gasteiger partial charge in [-0.1, -0.05) is 37.6 Å². The Labute approximate surface area is 94.5 Å². The van der Waals surface area contributed by atoms with Gasteiger partial charge in [0.15, 0.2) is 0 Å². The summed E-state index contributed by atoms with van der Waals surface area (Å²) < 4.78 is 0. The lowest BCUT2D eigenvalue weighted by molar-refractivity contribution is 0.204. The summed E-state index contributed by atoms with van der Waals surface area (Å²) in [6.07, 6.45) is -0.389. The lowest BCUT2D eigenvalue weighted by Gasteiger charge is -2.12. The van der Waals surface area contributed by atoms with Gasteiger partial charge in [-0.15, -0.1) is 0 Å². The van der Waals surface area contributed by atoms with Gasteiger partial charge in [0.2, 0.25) is 0 Å². The molecule has 78 valence electrons. The van der Waals surface area contributed by atoms with Gasteiger partial charge in [0, 0.05) is 10.8 Å². The number of aliphatic hydroxyl groups is 1. The van der Waals surface area contributed by atoms with Gasteiger partial charge in [-0.25, -0.2) is 0 Å². The van der Waals surface area contributed by atoms with Crippen LogP contribution in [0.5, 0.6) is 0 Å². The van der Waals surface area contributed by atoms with Crippen molar-refractivity contribution < 1.29 is 5.11 Å². The average Bonchev–Trinajstić information content (AvgIpc) is 2.15. The number of aliphatic hydroxyl groups excluding tert-OH is 1. The number of thioether (sulfide) groups is 1. The molecule has 0 amide bonds. The van der Waals surface area contributed by atoms with E-state index < -0.39 is 0 Å². The molecule has 0 bridgehead atoms. The van der Waals surface area contributed by atoms with E-state index in [1.807, 2.05) is 12.1 Å². The summed E-state index contributed by atoms with van der Waals surface area (Å²) in [5, 5.41) is 11.1. The van der Waals surface area contributed by atoms with Crippen LogP contribution >= 0.6 is 23.4 Å². The minimum absolute atomic E-state index is 0.389. The Morgan fingerprint density at radius 2 is 1.86 bits per heavy atom. The molecule has 0 aliphatic carbocycles. The third-order valence-electron chi connectivity index (χ3n) is 1.84. The van der Waals surface area contributed by atoms with E-state index in [0.717, 1.165) is 11.3 Å². The standard InChI is InChI=1S/C11H15ClOS/c1-8(2)14-7-11(13)9-3-5-10(12)6-4-9/h3-6,8,11,13H,7H2,1-2H3. The highest BCUT2D eigenvalue weighted by atomic mass is 35.5. The highest BCUT2D eigenvalue weighted by molar-refractivity contribution is 7.99. The SMILES string of the molecule is CC(C)SCC(O)c1ccc(Cl)cc1. The van der Waals surface area contributed by atoms with Crippen LogP contribution in [-0.4, -0.2) is 16.1 Å². The Balaban J connectivity index is 2.52. The van der Waals surface area contributed by atoms with Crippen LogP contribution in [0.25, 0.3) is 0 Å². The Kier molecular flexibility index (Phi) is 4.79. The van der Waals surface area contributed by atoms with Crippen molar-refractivity contribution in [1.82, 2.24) is 0 Å². The largest absolute Gasteiger partial charge is 0.388 e. The predicted molar refractivity (Wildman–Crippen MR) is 64.0 cm³/mol. The summed E-state index contributed by atoms with van der Waals surface area (Å²) in [4.78, 5) is 0. The van der Waals surface area contributed by atoms with Gasteiger partial charge >= 0.3 is 0 Å². The Hall–Kier alpha value is -0.180. The number of hydrogen-bond donors (Lipinski definition) is 1. The molecule has 0 fully saturated rings. The van der Waals surface area contributed by atoms with E-state index in [1.54, 1.807) is 23.9 Å². The lowest BCUT2D eigenvalue weighted by Crippen LogP contribution is -2.02. The van der Waals surface area contributed by atoms with Crippen molar-refractivity contribution in [2.45, 2.75) is 25.2 Å². The van der Waals surface area contributed by atoms with Gasteiger partial charge in [-0.05, 0) is 22.9 Å². The molecule has 0 saturated carbocycles. The smallest absolute Gasteiger partial charge is 0.0880 e. The third kappa shape index (κ3) is 3.91. The van der Waals surface area contributed by atoms with Gasteiger partial charge in [0.05, 0.1) is 6.10 Å². The maximum atomic E-state index is 9.80. The predicted octanol–water partition coefficient (Wildman–Crippen LogP) is 3.52. The van der Waals surface area contributed by atoms with Crippen LogP contribution in [0.15, 0.2) is 24.3 Å². The molecule has 1 aromatic carbocycles. The first-order valence-electron chi connectivity index (χ1n) is 4.64. The van der Waals surface area contributed by atoms with Crippen LogP contribution in [0.2, 0.25) is 5.02 Å². The quantitative estimate of drug-likeness (QED) is 0.854. The lowest BCUT2D eigenvalue weighted by atomic mass is 10.1. The summed E-state index contributed by atoms with van der Waals surface area (Å²) in [5.74, 6) is 0.735. The Bertz CT molecular complexity index is 271. The third-order valence-corrected chi connectivity index (χ3v) is 3.27. The molecule has 0 saturated heterocycles. The second-order valence-electron chi connectivity index (χ2n) is 3.45. The molecular weight excluding hydrogens is 216 g/mol. The van der Waals surface area contributed by atoms with Crippen LogP contribution in [0.1, 0.15) is 25.5 Å². The molecule has 0 aliphatic rings. The summed E-state index contributed by atoms with van der Waals surface area (Å²) in [6.45, 7) is 4.25. The molecule has 3 heteroatoms. The summed E-state index contributed by atoms with van der Waals surface area (Å²) in [6, 6.07) is 7.35. The molecule has 1 unspecified atom stereocenters. The second-order valence-corrected chi connectivity index (χ2v) is 5.50. The molecule has 0 spiro atoms. The molecule has 1 rings (SSSR count). The molecule has 0 aliphatic heterocycles. The van der Waals surface area contributed by atoms with Crippen LogP contribution in [0.3, 0.4) is 0 Å². The van der Waals surface area contributed by atoms with E-state index in [1.165, 1.54) is 0 Å². The van der Waals surface area contributed by atoms with Crippen molar-refractivity contribution >= 4 is 23.4 Å². The fourth-order valence-electron chi connectivity index (χ4n) is 1.06. The van der Waals surface area contributed by atoms with Gasteiger partial charge < -0.3 is 5.11 Å². The first-order valence-corrected chi connectivity index (χ1v) is 6.07. The van der Waals surface area contributed by atoms with Crippen molar-refractivity contribution in [3.8, 4) is 0 Å². The summed E-state index contributed by atoms with van der Waals surface area (Å²) in [7, 11) is 0. The monoisotopic (exact) mass is 230 g/mol. The molecule has 1 aromatic rings. The first-order chi connectivity index (χ1) is 6.59. The Morgan fingerprint density at radius 3 is 2.36 bits per heavy atom. The zero-order valence-corrected chi connectivity index (χ0v) is 9.98. The molecule has 0 aromatic heterocycles. The first kappa shape index (κ1) is 11.9. The van der Waals surface area contributed by atoms with Crippen molar-refractivity contribution in [2.24, 2.45) is 0 Å². The van der Waals surface area contributed by atoms with Gasteiger partial charge in [-0.3, -0.25) is 0 Å². The molecule has 14 heavy (non-hydrogen) atoms. The topological polar surface area (TPSA) is 20.2 Å². The van der Waals surface area contributed by atoms with Crippen LogP contribution in [0, 0.1) is 0 Å². The summed E-state index contributed by atoms with van der Waals surface area (Å²) in [5.41, 5.74) is 0.933. The van der Waals surface area contributed by atoms with Crippen LogP contribution in [0.4, 0.5) is 0 Å². The van der Waals surface area contributed by atoms with Gasteiger partial charge in [0.1, 0.15) is 0 Å². The highest BCUT2D eigenvalue weighted by Gasteiger charge is 2.08. The van der Waals surface area contributed by atoms with Gasteiger partial charge in [-0.2, -0.15) is 11.8 Å². The minimum atomic E-state index is -0.389. The normalized spacial score (nSPS) is 13.2. The zero-order valence-electron chi connectivity index (χ0n) is 8.40. The number of benzene rings is 1. The molecule has 1 N–H and O–H groups in total. The maximum absolute atomic E-state index is 9.80. The maximum Gasteiger partial charge on any atom is 0.0880 e. The van der Waals surface area contributed by atoms with E-state index >= 15 is 0 Å². The average molecular weight is 231 g/mol. The van der Waals surface area contributed by atoms with Crippen molar-refractivity contribution in [3.05, 3.63) is 34.9 Å². The van der Waals surface area contributed by atoms with E-state index in [-0.39, 0.29) is 6.10 Å². The molecule has 1 nitrogen and oxygen atoms in total. The van der Waals surface area contributed by atoms with Crippen molar-refractivity contribution in [2.75, 3.05) is 5.75 Å². The van der Waals surface area contributed by atoms with Crippen LogP contribution < -0.4 is 0 Å². The highest BCUT2D eigenvalue weighted by Crippen LogP contribution is 2.22. The summed E-state index contributed by atoms with van der Waals surface area (Å²) >= 11 is 7.51. The number of halogens is 1. The molecule has 1 atom stereocenters. The van der Waals surface area contributed by atoms with E-state index in [9.17, 15) is 5.11 Å². The van der Waals surface area contributed by atoms with E-state index in [4.69, 9.17) is 11.6 Å². The second kappa shape index (κ2) is 5.64. The molecular formula is C11H15ClOS. The molecule has 0 heterocycles. The fraction of sp³-hybridized carbons (Fsp3) is 0.455. The fourth-order valence-corrected chi connectivity index (χ4v) is 1.95. The van der Waals surface area contributed by atoms with Gasteiger partial charge in [0.25, 0.3) is 0 Å². The minimum Gasteiger partial charge on any atom is -0.388 e. The van der Waals surface area contributed by atoms with Crippen LogP contribution in [-0.2, 0) is 0 Å². The number of hydrogen-bond acceptors (Lipinski definition) is 2. The van der Waals surface area contributed by atoms with E-state index in [2.05, 4.69) is 13.8 Å². The van der Waals surface area contributed by atoms with Crippen molar-refractivity contribution in [1.29, 1.82) is 0 Å². The zero-order chi connectivity index (χ0) is 10.6. The number of rotatable bonds is 4.